The Balaban J connectivity index is 2.49. The largest absolute Gasteiger partial charge is 0.469 e. The molecule has 0 saturated heterocycles. The monoisotopic (exact) mass is 140 g/mol. The van der Waals surface area contributed by atoms with Gasteiger partial charge < -0.3 is 9.15 Å². The van der Waals surface area contributed by atoms with Crippen molar-refractivity contribution in [2.24, 2.45) is 0 Å². The van der Waals surface area contributed by atoms with Gasteiger partial charge in [0.1, 0.15) is 5.76 Å². The summed E-state index contributed by atoms with van der Waals surface area (Å²) in [5.74, 6) is 1.03. The summed E-state index contributed by atoms with van der Waals surface area (Å²) in [7, 11) is 1.69. The average molecular weight is 140 g/mol. The zero-order valence-electron chi connectivity index (χ0n) is 6.39. The van der Waals surface area contributed by atoms with E-state index in [2.05, 4.69) is 0 Å². The van der Waals surface area contributed by atoms with Gasteiger partial charge in [0.25, 0.3) is 0 Å². The van der Waals surface area contributed by atoms with Crippen molar-refractivity contribution in [1.82, 2.24) is 0 Å². The van der Waals surface area contributed by atoms with E-state index in [1.807, 2.05) is 13.0 Å². The topological polar surface area (TPSA) is 22.4 Å². The van der Waals surface area contributed by atoms with Gasteiger partial charge in [0.2, 0.25) is 0 Å². The van der Waals surface area contributed by atoms with Crippen LogP contribution in [0.1, 0.15) is 11.3 Å². The quantitative estimate of drug-likeness (QED) is 0.638. The lowest BCUT2D eigenvalue weighted by atomic mass is 10.2. The Morgan fingerprint density at radius 1 is 1.60 bits per heavy atom. The highest BCUT2D eigenvalue weighted by Gasteiger charge is 1.99. The van der Waals surface area contributed by atoms with Crippen LogP contribution in [0.4, 0.5) is 0 Å². The number of ether oxygens (including phenoxy) is 1. The van der Waals surface area contributed by atoms with E-state index >= 15 is 0 Å². The van der Waals surface area contributed by atoms with Crippen LogP contribution in [0.5, 0.6) is 0 Å². The second-order valence-corrected chi connectivity index (χ2v) is 2.27. The summed E-state index contributed by atoms with van der Waals surface area (Å²) in [6, 6.07) is 1.96. The molecule has 1 rings (SSSR count). The molecule has 0 aliphatic heterocycles. The van der Waals surface area contributed by atoms with Crippen LogP contribution in [0.25, 0.3) is 0 Å². The Morgan fingerprint density at radius 2 is 2.40 bits per heavy atom. The predicted molar refractivity (Wildman–Crippen MR) is 39.0 cm³/mol. The molecule has 0 unspecified atom stereocenters. The second kappa shape index (κ2) is 3.42. The van der Waals surface area contributed by atoms with Crippen molar-refractivity contribution in [3.8, 4) is 0 Å². The molecular weight excluding hydrogens is 128 g/mol. The molecule has 0 aromatic carbocycles. The number of furan rings is 1. The number of hydrogen-bond acceptors (Lipinski definition) is 2. The Labute approximate surface area is 60.8 Å². The average Bonchev–Trinajstić information content (AvgIpc) is 2.31. The molecule has 0 amide bonds. The third-order valence-electron chi connectivity index (χ3n) is 1.50. The maximum atomic E-state index is 5.19. The van der Waals surface area contributed by atoms with E-state index in [9.17, 15) is 0 Å². The van der Waals surface area contributed by atoms with E-state index < -0.39 is 0 Å². The van der Waals surface area contributed by atoms with Crippen LogP contribution in [0.2, 0.25) is 0 Å². The number of methoxy groups -OCH3 is 1. The minimum absolute atomic E-state index is 0.731. The standard InChI is InChI=1S/C8H12O2/c1-7-3-6-10-8(7)4-5-9-2/h3,6H,4-5H2,1-2H3. The molecule has 0 spiro atoms. The van der Waals surface area contributed by atoms with Gasteiger partial charge in [0.05, 0.1) is 12.9 Å². The summed E-state index contributed by atoms with van der Waals surface area (Å²) in [6.07, 6.45) is 2.58. The zero-order valence-corrected chi connectivity index (χ0v) is 6.39. The number of hydrogen-bond donors (Lipinski definition) is 0. The molecule has 0 N–H and O–H groups in total. The molecule has 2 nitrogen and oxygen atoms in total. The maximum absolute atomic E-state index is 5.19. The lowest BCUT2D eigenvalue weighted by Crippen LogP contribution is -1.93. The van der Waals surface area contributed by atoms with Crippen molar-refractivity contribution in [3.05, 3.63) is 23.7 Å². The molecule has 0 aliphatic carbocycles. The van der Waals surface area contributed by atoms with Gasteiger partial charge in [0, 0.05) is 13.5 Å². The lowest BCUT2D eigenvalue weighted by molar-refractivity contribution is 0.196. The van der Waals surface area contributed by atoms with Crippen molar-refractivity contribution in [1.29, 1.82) is 0 Å². The highest BCUT2D eigenvalue weighted by Crippen LogP contribution is 2.08. The molecular formula is C8H12O2. The first-order valence-electron chi connectivity index (χ1n) is 3.36. The predicted octanol–water partition coefficient (Wildman–Crippen LogP) is 1.78. The fourth-order valence-corrected chi connectivity index (χ4v) is 0.855. The Bertz CT molecular complexity index is 191. The van der Waals surface area contributed by atoms with Gasteiger partial charge in [-0.15, -0.1) is 0 Å². The number of aryl methyl sites for hydroxylation is 1. The summed E-state index contributed by atoms with van der Waals surface area (Å²) < 4.78 is 10.1. The SMILES string of the molecule is COCCc1occc1C. The van der Waals surface area contributed by atoms with Crippen LogP contribution in [-0.4, -0.2) is 13.7 Å². The molecule has 0 radical (unpaired) electrons. The first-order valence-corrected chi connectivity index (χ1v) is 3.36. The van der Waals surface area contributed by atoms with Crippen LogP contribution in [0, 0.1) is 6.92 Å². The van der Waals surface area contributed by atoms with Gasteiger partial charge in [-0.25, -0.2) is 0 Å². The third kappa shape index (κ3) is 1.61. The highest BCUT2D eigenvalue weighted by atomic mass is 16.5. The summed E-state index contributed by atoms with van der Waals surface area (Å²) in [4.78, 5) is 0. The summed E-state index contributed by atoms with van der Waals surface area (Å²) in [6.45, 7) is 2.77. The lowest BCUT2D eigenvalue weighted by Gasteiger charge is -1.95. The van der Waals surface area contributed by atoms with Crippen molar-refractivity contribution < 1.29 is 9.15 Å². The van der Waals surface area contributed by atoms with Crippen molar-refractivity contribution in [2.45, 2.75) is 13.3 Å². The van der Waals surface area contributed by atoms with Crippen molar-refractivity contribution in [2.75, 3.05) is 13.7 Å². The minimum atomic E-state index is 0.731. The maximum Gasteiger partial charge on any atom is 0.108 e. The molecule has 1 aromatic rings. The van der Waals surface area contributed by atoms with Crippen LogP contribution in [0.15, 0.2) is 16.7 Å². The smallest absolute Gasteiger partial charge is 0.108 e. The molecule has 0 bridgehead atoms. The first kappa shape index (κ1) is 7.35. The Morgan fingerprint density at radius 3 is 2.90 bits per heavy atom. The van der Waals surface area contributed by atoms with E-state index in [1.54, 1.807) is 13.4 Å². The van der Waals surface area contributed by atoms with E-state index in [1.165, 1.54) is 5.56 Å². The van der Waals surface area contributed by atoms with Gasteiger partial charge in [-0.1, -0.05) is 0 Å². The van der Waals surface area contributed by atoms with Gasteiger partial charge in [-0.05, 0) is 18.6 Å². The Kier molecular flexibility index (Phi) is 2.51. The molecule has 1 heterocycles. The molecule has 2 heteroatoms. The van der Waals surface area contributed by atoms with Gasteiger partial charge in [-0.2, -0.15) is 0 Å². The highest BCUT2D eigenvalue weighted by molar-refractivity contribution is 5.14. The molecule has 0 atom stereocenters. The van der Waals surface area contributed by atoms with E-state index in [0.29, 0.717) is 0 Å². The summed E-state index contributed by atoms with van der Waals surface area (Å²) in [5.41, 5.74) is 1.21. The summed E-state index contributed by atoms with van der Waals surface area (Å²) in [5, 5.41) is 0. The molecule has 10 heavy (non-hydrogen) atoms. The van der Waals surface area contributed by atoms with Crippen LogP contribution < -0.4 is 0 Å². The second-order valence-electron chi connectivity index (χ2n) is 2.27. The first-order chi connectivity index (χ1) is 4.84. The zero-order chi connectivity index (χ0) is 7.40. The normalized spacial score (nSPS) is 10.2. The molecule has 1 aromatic heterocycles. The fourth-order valence-electron chi connectivity index (χ4n) is 0.855. The van der Waals surface area contributed by atoms with E-state index in [-0.39, 0.29) is 0 Å². The fraction of sp³-hybridized carbons (Fsp3) is 0.500. The van der Waals surface area contributed by atoms with Gasteiger partial charge in [0.15, 0.2) is 0 Å². The molecule has 0 saturated carbocycles. The van der Waals surface area contributed by atoms with Crippen molar-refractivity contribution >= 4 is 0 Å². The molecule has 0 fully saturated rings. The third-order valence-corrected chi connectivity index (χ3v) is 1.50. The Hall–Kier alpha value is -0.760. The van der Waals surface area contributed by atoms with E-state index in [4.69, 9.17) is 9.15 Å². The molecule has 0 aliphatic rings. The minimum Gasteiger partial charge on any atom is -0.469 e. The molecule has 56 valence electrons. The van der Waals surface area contributed by atoms with E-state index in [0.717, 1.165) is 18.8 Å². The number of rotatable bonds is 3. The van der Waals surface area contributed by atoms with Crippen LogP contribution in [0.3, 0.4) is 0 Å². The van der Waals surface area contributed by atoms with Crippen molar-refractivity contribution in [3.63, 3.8) is 0 Å². The van der Waals surface area contributed by atoms with Crippen LogP contribution >= 0.6 is 0 Å². The van der Waals surface area contributed by atoms with Gasteiger partial charge >= 0.3 is 0 Å². The van der Waals surface area contributed by atoms with Gasteiger partial charge in [-0.3, -0.25) is 0 Å². The summed E-state index contributed by atoms with van der Waals surface area (Å²) >= 11 is 0. The van der Waals surface area contributed by atoms with Crippen LogP contribution in [-0.2, 0) is 11.2 Å².